The summed E-state index contributed by atoms with van der Waals surface area (Å²) in [4.78, 5) is 12.4. The zero-order chi connectivity index (χ0) is 14.9. The van der Waals surface area contributed by atoms with Gasteiger partial charge in [0.25, 0.3) is 0 Å². The Kier molecular flexibility index (Phi) is 4.50. The SMILES string of the molecule is CCn1nc(C)c(Cl)c1CC(=O)c1cc(N)cc(Br)c1. The number of nitrogen functional groups attached to an aromatic ring is 1. The van der Waals surface area contributed by atoms with E-state index in [0.29, 0.717) is 22.8 Å². The van der Waals surface area contributed by atoms with Crippen molar-refractivity contribution in [2.24, 2.45) is 0 Å². The van der Waals surface area contributed by atoms with Gasteiger partial charge in [0.2, 0.25) is 0 Å². The monoisotopic (exact) mass is 355 g/mol. The number of ketones is 1. The number of nitrogens with two attached hydrogens (primary N) is 1. The average molecular weight is 357 g/mol. The molecule has 106 valence electrons. The van der Waals surface area contributed by atoms with Crippen LogP contribution >= 0.6 is 27.5 Å². The standard InChI is InChI=1S/C14H15BrClN3O/c1-3-19-12(14(16)8(2)18-19)7-13(20)9-4-10(15)6-11(17)5-9/h4-6H,3,7,17H2,1-2H3. The molecule has 6 heteroatoms. The number of carbonyl (C=O) groups is 1. The molecule has 2 N–H and O–H groups in total. The van der Waals surface area contributed by atoms with Crippen molar-refractivity contribution in [2.75, 3.05) is 5.73 Å². The van der Waals surface area contributed by atoms with Crippen LogP contribution in [0.3, 0.4) is 0 Å². The molecule has 0 spiro atoms. The Morgan fingerprint density at radius 2 is 2.15 bits per heavy atom. The zero-order valence-electron chi connectivity index (χ0n) is 11.3. The Morgan fingerprint density at radius 3 is 2.75 bits per heavy atom. The number of benzene rings is 1. The highest BCUT2D eigenvalue weighted by Gasteiger charge is 2.17. The van der Waals surface area contributed by atoms with Crippen LogP contribution in [-0.2, 0) is 13.0 Å². The number of anilines is 1. The van der Waals surface area contributed by atoms with Crippen LogP contribution in [-0.4, -0.2) is 15.6 Å². The molecule has 2 aromatic rings. The average Bonchev–Trinajstić information content (AvgIpc) is 2.65. The molecule has 0 saturated carbocycles. The van der Waals surface area contributed by atoms with Crippen LogP contribution in [0.4, 0.5) is 5.69 Å². The van der Waals surface area contributed by atoms with E-state index in [4.69, 9.17) is 17.3 Å². The summed E-state index contributed by atoms with van der Waals surface area (Å²) in [6, 6.07) is 5.18. The van der Waals surface area contributed by atoms with Gasteiger partial charge >= 0.3 is 0 Å². The predicted molar refractivity (Wildman–Crippen MR) is 84.2 cm³/mol. The van der Waals surface area contributed by atoms with Crippen molar-refractivity contribution in [3.8, 4) is 0 Å². The third-order valence-electron chi connectivity index (χ3n) is 3.02. The van der Waals surface area contributed by atoms with Crippen molar-refractivity contribution in [2.45, 2.75) is 26.8 Å². The Bertz CT molecular complexity index is 646. The highest BCUT2D eigenvalue weighted by Crippen LogP contribution is 2.23. The van der Waals surface area contributed by atoms with Crippen LogP contribution in [0.1, 0.15) is 28.7 Å². The molecule has 0 saturated heterocycles. The molecule has 0 bridgehead atoms. The quantitative estimate of drug-likeness (QED) is 0.672. The fourth-order valence-electron chi connectivity index (χ4n) is 2.07. The maximum atomic E-state index is 12.4. The lowest BCUT2D eigenvalue weighted by Gasteiger charge is -2.06. The molecule has 0 aliphatic heterocycles. The molecule has 0 aliphatic rings. The van der Waals surface area contributed by atoms with Crippen LogP contribution in [0.15, 0.2) is 22.7 Å². The smallest absolute Gasteiger partial charge is 0.168 e. The lowest BCUT2D eigenvalue weighted by molar-refractivity contribution is 0.0990. The molecule has 0 aliphatic carbocycles. The Hall–Kier alpha value is -1.33. The van der Waals surface area contributed by atoms with Gasteiger partial charge in [0.05, 0.1) is 22.8 Å². The number of aryl methyl sites for hydroxylation is 2. The maximum absolute atomic E-state index is 12.4. The fraction of sp³-hybridized carbons (Fsp3) is 0.286. The van der Waals surface area contributed by atoms with Crippen molar-refractivity contribution in [3.05, 3.63) is 44.6 Å². The highest BCUT2D eigenvalue weighted by molar-refractivity contribution is 9.10. The minimum Gasteiger partial charge on any atom is -0.399 e. The molecule has 1 aromatic heterocycles. The fourth-order valence-corrected chi connectivity index (χ4v) is 2.78. The second kappa shape index (κ2) is 5.97. The zero-order valence-corrected chi connectivity index (χ0v) is 13.6. The largest absolute Gasteiger partial charge is 0.399 e. The first-order valence-corrected chi connectivity index (χ1v) is 7.40. The summed E-state index contributed by atoms with van der Waals surface area (Å²) >= 11 is 9.55. The van der Waals surface area contributed by atoms with Gasteiger partial charge in [-0.15, -0.1) is 0 Å². The van der Waals surface area contributed by atoms with Gasteiger partial charge in [0, 0.05) is 22.3 Å². The molecule has 0 fully saturated rings. The van der Waals surface area contributed by atoms with Crippen molar-refractivity contribution in [3.63, 3.8) is 0 Å². The van der Waals surface area contributed by atoms with Crippen LogP contribution in [0, 0.1) is 6.92 Å². The number of hydrogen-bond acceptors (Lipinski definition) is 3. The van der Waals surface area contributed by atoms with E-state index in [1.165, 1.54) is 0 Å². The van der Waals surface area contributed by atoms with Crippen LogP contribution in [0.5, 0.6) is 0 Å². The molecule has 2 rings (SSSR count). The van der Waals surface area contributed by atoms with Crippen molar-refractivity contribution in [1.29, 1.82) is 0 Å². The van der Waals surface area contributed by atoms with E-state index in [1.807, 2.05) is 13.8 Å². The normalized spacial score (nSPS) is 10.8. The first-order chi connectivity index (χ1) is 9.42. The van der Waals surface area contributed by atoms with Crippen molar-refractivity contribution in [1.82, 2.24) is 9.78 Å². The summed E-state index contributed by atoms with van der Waals surface area (Å²) in [6.07, 6.45) is 0.212. The summed E-state index contributed by atoms with van der Waals surface area (Å²) in [7, 11) is 0. The molecule has 0 radical (unpaired) electrons. The maximum Gasteiger partial charge on any atom is 0.168 e. The number of halogens is 2. The molecule has 0 amide bonds. The summed E-state index contributed by atoms with van der Waals surface area (Å²) in [6.45, 7) is 4.48. The lowest BCUT2D eigenvalue weighted by atomic mass is 10.1. The van der Waals surface area contributed by atoms with Gasteiger partial charge in [-0.3, -0.25) is 9.48 Å². The van der Waals surface area contributed by atoms with Gasteiger partial charge in [-0.2, -0.15) is 5.10 Å². The molecule has 4 nitrogen and oxygen atoms in total. The molecule has 1 heterocycles. The van der Waals surface area contributed by atoms with Gasteiger partial charge in [-0.05, 0) is 32.0 Å². The van der Waals surface area contributed by atoms with Gasteiger partial charge in [0.1, 0.15) is 0 Å². The summed E-state index contributed by atoms with van der Waals surface area (Å²) in [5.41, 5.74) is 8.36. The number of hydrogen-bond donors (Lipinski definition) is 1. The van der Waals surface area contributed by atoms with Gasteiger partial charge < -0.3 is 5.73 Å². The summed E-state index contributed by atoms with van der Waals surface area (Å²) in [5, 5.41) is 4.87. The number of rotatable bonds is 4. The number of carbonyl (C=O) groups excluding carboxylic acids is 1. The van der Waals surface area contributed by atoms with Gasteiger partial charge in [-0.25, -0.2) is 0 Å². The van der Waals surface area contributed by atoms with Crippen LogP contribution in [0.25, 0.3) is 0 Å². The van der Waals surface area contributed by atoms with Gasteiger partial charge in [-0.1, -0.05) is 27.5 Å². The Labute approximate surface area is 131 Å². The number of Topliss-reactive ketones (excluding diaryl/α,β-unsaturated/α-hetero) is 1. The van der Waals surface area contributed by atoms with Crippen molar-refractivity contribution >= 4 is 39.0 Å². The number of aromatic nitrogens is 2. The summed E-state index contributed by atoms with van der Waals surface area (Å²) < 4.78 is 2.55. The van der Waals surface area contributed by atoms with E-state index in [0.717, 1.165) is 15.9 Å². The number of nitrogens with zero attached hydrogens (tertiary/aromatic N) is 2. The molecule has 0 atom stereocenters. The third kappa shape index (κ3) is 3.04. The summed E-state index contributed by atoms with van der Waals surface area (Å²) in [5.74, 6) is -0.0329. The van der Waals surface area contributed by atoms with E-state index >= 15 is 0 Å². The predicted octanol–water partition coefficient (Wildman–Crippen LogP) is 3.63. The van der Waals surface area contributed by atoms with E-state index < -0.39 is 0 Å². The van der Waals surface area contributed by atoms with E-state index in [1.54, 1.807) is 22.9 Å². The van der Waals surface area contributed by atoms with Crippen molar-refractivity contribution < 1.29 is 4.79 Å². The van der Waals surface area contributed by atoms with Gasteiger partial charge in [0.15, 0.2) is 5.78 Å². The van der Waals surface area contributed by atoms with E-state index in [-0.39, 0.29) is 12.2 Å². The molecular weight excluding hydrogens is 342 g/mol. The Morgan fingerprint density at radius 1 is 1.45 bits per heavy atom. The van der Waals surface area contributed by atoms with Crippen LogP contribution < -0.4 is 5.73 Å². The first kappa shape index (κ1) is 15.1. The molecule has 1 aromatic carbocycles. The van der Waals surface area contributed by atoms with E-state index in [9.17, 15) is 4.79 Å². The van der Waals surface area contributed by atoms with Crippen LogP contribution in [0.2, 0.25) is 5.02 Å². The lowest BCUT2D eigenvalue weighted by Crippen LogP contribution is -2.10. The minimum atomic E-state index is -0.0329. The molecule has 0 unspecified atom stereocenters. The minimum absolute atomic E-state index is 0.0329. The Balaban J connectivity index is 2.32. The second-order valence-electron chi connectivity index (χ2n) is 4.54. The van der Waals surface area contributed by atoms with E-state index in [2.05, 4.69) is 21.0 Å². The second-order valence-corrected chi connectivity index (χ2v) is 5.83. The molecule has 20 heavy (non-hydrogen) atoms. The first-order valence-electron chi connectivity index (χ1n) is 6.23. The molecular formula is C14H15BrClN3O. The highest BCUT2D eigenvalue weighted by atomic mass is 79.9. The topological polar surface area (TPSA) is 60.9 Å². The third-order valence-corrected chi connectivity index (χ3v) is 3.97.